The first-order valence-electron chi connectivity index (χ1n) is 10.2. The maximum Gasteiger partial charge on any atom is 0.410 e. The van der Waals surface area contributed by atoms with Gasteiger partial charge in [-0.15, -0.1) is 0 Å². The largest absolute Gasteiger partial charge is 0.444 e. The maximum absolute atomic E-state index is 12.3. The van der Waals surface area contributed by atoms with Crippen molar-refractivity contribution in [1.29, 1.82) is 0 Å². The van der Waals surface area contributed by atoms with E-state index in [1.807, 2.05) is 36.9 Å². The van der Waals surface area contributed by atoms with Crippen molar-refractivity contribution in [2.45, 2.75) is 38.1 Å². The molecular weight excluding hydrogens is 410 g/mol. The van der Waals surface area contributed by atoms with Gasteiger partial charge >= 0.3 is 6.09 Å². The summed E-state index contributed by atoms with van der Waals surface area (Å²) in [6.45, 7) is 10.8. The first-order valence-corrected chi connectivity index (χ1v) is 10.7. The summed E-state index contributed by atoms with van der Waals surface area (Å²) in [6, 6.07) is 1.85. The maximum atomic E-state index is 12.3. The molecule has 0 aliphatic carbocycles. The third-order valence-corrected chi connectivity index (χ3v) is 5.22. The topological polar surface area (TPSA) is 100 Å². The summed E-state index contributed by atoms with van der Waals surface area (Å²) < 4.78 is 10.9. The Morgan fingerprint density at radius 1 is 1.37 bits per heavy atom. The number of halogens is 1. The Morgan fingerprint density at radius 3 is 2.73 bits per heavy atom. The van der Waals surface area contributed by atoms with E-state index in [0.717, 1.165) is 25.5 Å². The number of alkyl halides is 1. The zero-order chi connectivity index (χ0) is 21.7. The number of hydrogen-bond acceptors (Lipinski definition) is 9. The average Bonchev–Trinajstić information content (AvgIpc) is 2.70. The number of anilines is 1. The number of hydrazine groups is 1. The molecule has 10 nitrogen and oxygen atoms in total. The lowest BCUT2D eigenvalue weighted by atomic mass is 10.2. The molecule has 2 fully saturated rings. The van der Waals surface area contributed by atoms with Gasteiger partial charge in [-0.3, -0.25) is 9.91 Å². The number of rotatable bonds is 5. The van der Waals surface area contributed by atoms with Crippen molar-refractivity contribution in [3.63, 3.8) is 0 Å². The number of aromatic nitrogens is 2. The summed E-state index contributed by atoms with van der Waals surface area (Å²) in [5.41, 5.74) is 5.37. The van der Waals surface area contributed by atoms with Gasteiger partial charge in [0, 0.05) is 51.5 Å². The smallest absolute Gasteiger partial charge is 0.410 e. The lowest BCUT2D eigenvalue weighted by Crippen LogP contribution is -2.62. The van der Waals surface area contributed by atoms with Gasteiger partial charge in [0.2, 0.25) is 0 Å². The van der Waals surface area contributed by atoms with Crippen LogP contribution in [-0.2, 0) is 9.47 Å². The van der Waals surface area contributed by atoms with Crippen molar-refractivity contribution in [3.8, 4) is 0 Å². The molecule has 2 aliphatic heterocycles. The van der Waals surface area contributed by atoms with Crippen molar-refractivity contribution in [2.24, 2.45) is 5.73 Å². The standard InChI is InChI=1S/C19H32ClN7O3/c1-19(2,3)30-18(28)25-9-6-24(7-10-25)8-11-26(17-4-5-22-14-23-17)27-12-15(20)29-13-16(27)21/h4-5,14-16H,6-13,21H2,1-3H3. The summed E-state index contributed by atoms with van der Waals surface area (Å²) in [5, 5.41) is 4.05. The second-order valence-corrected chi connectivity index (χ2v) is 8.92. The molecular formula is C19H32ClN7O3. The van der Waals surface area contributed by atoms with Crippen LogP contribution >= 0.6 is 11.6 Å². The minimum atomic E-state index is -0.483. The number of morpholine rings is 1. The second-order valence-electron chi connectivity index (χ2n) is 8.43. The number of hydrogen-bond donors (Lipinski definition) is 1. The van der Waals surface area contributed by atoms with Gasteiger partial charge in [-0.05, 0) is 20.8 Å². The second kappa shape index (κ2) is 10.1. The summed E-state index contributed by atoms with van der Waals surface area (Å²) >= 11 is 6.21. The lowest BCUT2D eigenvalue weighted by Gasteiger charge is -2.44. The van der Waals surface area contributed by atoms with Crippen LogP contribution < -0.4 is 10.7 Å². The van der Waals surface area contributed by atoms with Crippen molar-refractivity contribution >= 4 is 23.5 Å². The van der Waals surface area contributed by atoms with Gasteiger partial charge in [0.15, 0.2) is 0 Å². The van der Waals surface area contributed by atoms with E-state index in [4.69, 9.17) is 26.8 Å². The molecule has 3 rings (SSSR count). The van der Waals surface area contributed by atoms with E-state index in [2.05, 4.69) is 14.9 Å². The Kier molecular flexibility index (Phi) is 7.70. The summed E-state index contributed by atoms with van der Waals surface area (Å²) in [7, 11) is 0. The molecule has 1 aromatic heterocycles. The van der Waals surface area contributed by atoms with E-state index in [-0.39, 0.29) is 12.3 Å². The molecule has 168 valence electrons. The minimum absolute atomic E-state index is 0.253. The van der Waals surface area contributed by atoms with Crippen molar-refractivity contribution in [3.05, 3.63) is 18.6 Å². The predicted octanol–water partition coefficient (Wildman–Crippen LogP) is 0.933. The van der Waals surface area contributed by atoms with Crippen LogP contribution in [0.15, 0.2) is 18.6 Å². The van der Waals surface area contributed by atoms with E-state index in [1.54, 1.807) is 11.1 Å². The zero-order valence-corrected chi connectivity index (χ0v) is 18.7. The molecule has 2 atom stereocenters. The highest BCUT2D eigenvalue weighted by Gasteiger charge is 2.31. The Hall–Kier alpha value is -1.72. The first-order chi connectivity index (χ1) is 14.2. The Balaban J connectivity index is 1.57. The molecule has 0 radical (unpaired) electrons. The van der Waals surface area contributed by atoms with Crippen LogP contribution in [-0.4, -0.2) is 101 Å². The molecule has 1 amide bonds. The highest BCUT2D eigenvalue weighted by molar-refractivity contribution is 6.19. The normalized spacial score (nSPS) is 24.0. The fourth-order valence-corrected chi connectivity index (χ4v) is 3.64. The molecule has 2 aliphatic rings. The van der Waals surface area contributed by atoms with Crippen LogP contribution in [0.4, 0.5) is 10.6 Å². The van der Waals surface area contributed by atoms with E-state index in [9.17, 15) is 4.79 Å². The van der Waals surface area contributed by atoms with Crippen molar-refractivity contribution in [2.75, 3.05) is 57.4 Å². The van der Waals surface area contributed by atoms with Crippen molar-refractivity contribution < 1.29 is 14.3 Å². The van der Waals surface area contributed by atoms with Crippen LogP contribution in [0.3, 0.4) is 0 Å². The van der Waals surface area contributed by atoms with Crippen LogP contribution in [0.2, 0.25) is 0 Å². The zero-order valence-electron chi connectivity index (χ0n) is 17.9. The Morgan fingerprint density at radius 2 is 2.10 bits per heavy atom. The molecule has 0 saturated carbocycles. The monoisotopic (exact) mass is 441 g/mol. The highest BCUT2D eigenvalue weighted by Crippen LogP contribution is 2.20. The van der Waals surface area contributed by atoms with E-state index < -0.39 is 11.2 Å². The summed E-state index contributed by atoms with van der Waals surface area (Å²) in [5.74, 6) is 0.763. The fraction of sp³-hybridized carbons (Fsp3) is 0.737. The van der Waals surface area contributed by atoms with Gasteiger partial charge in [-0.1, -0.05) is 11.6 Å². The summed E-state index contributed by atoms with van der Waals surface area (Å²) in [4.78, 5) is 24.7. The van der Waals surface area contributed by atoms with E-state index >= 15 is 0 Å². The number of carbonyl (C=O) groups excluding carboxylic acids is 1. The highest BCUT2D eigenvalue weighted by atomic mass is 35.5. The van der Waals surface area contributed by atoms with Crippen LogP contribution in [0.25, 0.3) is 0 Å². The molecule has 2 unspecified atom stereocenters. The number of amides is 1. The number of nitrogens with two attached hydrogens (primary N) is 1. The molecule has 0 bridgehead atoms. The number of nitrogens with zero attached hydrogens (tertiary/aromatic N) is 6. The minimum Gasteiger partial charge on any atom is -0.444 e. The molecule has 2 saturated heterocycles. The van der Waals surface area contributed by atoms with Gasteiger partial charge in [0.1, 0.15) is 23.3 Å². The van der Waals surface area contributed by atoms with Gasteiger partial charge in [0.05, 0.1) is 19.3 Å². The molecule has 1 aromatic rings. The molecule has 30 heavy (non-hydrogen) atoms. The first kappa shape index (κ1) is 23.0. The van der Waals surface area contributed by atoms with Gasteiger partial charge < -0.3 is 20.1 Å². The quantitative estimate of drug-likeness (QED) is 0.668. The molecule has 0 spiro atoms. The lowest BCUT2D eigenvalue weighted by molar-refractivity contribution is -0.0325. The fourth-order valence-electron chi connectivity index (χ4n) is 3.43. The summed E-state index contributed by atoms with van der Waals surface area (Å²) in [6.07, 6.45) is 2.67. The van der Waals surface area contributed by atoms with Gasteiger partial charge in [0.25, 0.3) is 0 Å². The van der Waals surface area contributed by atoms with Crippen LogP contribution in [0.5, 0.6) is 0 Å². The third kappa shape index (κ3) is 6.39. The van der Waals surface area contributed by atoms with E-state index in [1.165, 1.54) is 6.33 Å². The number of piperazine rings is 1. The number of carbonyl (C=O) groups is 1. The molecule has 0 aromatic carbocycles. The molecule has 2 N–H and O–H groups in total. The molecule has 11 heteroatoms. The molecule has 3 heterocycles. The van der Waals surface area contributed by atoms with Crippen LogP contribution in [0.1, 0.15) is 20.8 Å². The van der Waals surface area contributed by atoms with Crippen molar-refractivity contribution in [1.82, 2.24) is 24.8 Å². The Labute approximate surface area is 182 Å². The van der Waals surface area contributed by atoms with Crippen LogP contribution in [0, 0.1) is 0 Å². The van der Waals surface area contributed by atoms with E-state index in [0.29, 0.717) is 32.8 Å². The van der Waals surface area contributed by atoms with Gasteiger partial charge in [-0.2, -0.15) is 5.01 Å². The number of ether oxygens (including phenoxy) is 2. The SMILES string of the molecule is CC(C)(C)OC(=O)N1CCN(CCN(c2ccncn2)N2CC(Cl)OCC2N)CC1. The van der Waals surface area contributed by atoms with Gasteiger partial charge in [-0.25, -0.2) is 14.8 Å². The average molecular weight is 442 g/mol. The Bertz CT molecular complexity index is 682. The third-order valence-electron chi connectivity index (χ3n) is 4.95. The predicted molar refractivity (Wildman–Crippen MR) is 114 cm³/mol.